The Bertz CT molecular complexity index is 772. The summed E-state index contributed by atoms with van der Waals surface area (Å²) >= 11 is 6.01. The van der Waals surface area contributed by atoms with Gasteiger partial charge in [-0.1, -0.05) is 16.7 Å². The molecule has 0 spiro atoms. The largest absolute Gasteiger partial charge is 0.495 e. The van der Waals surface area contributed by atoms with Crippen molar-refractivity contribution in [2.45, 2.75) is 6.92 Å². The van der Waals surface area contributed by atoms with E-state index in [1.165, 1.54) is 4.52 Å². The maximum Gasteiger partial charge on any atom is 0.275 e. The van der Waals surface area contributed by atoms with Gasteiger partial charge < -0.3 is 10.1 Å². The second-order valence-corrected chi connectivity index (χ2v) is 4.58. The van der Waals surface area contributed by atoms with E-state index < -0.39 is 0 Å². The highest BCUT2D eigenvalue weighted by molar-refractivity contribution is 6.31. The topological polar surface area (TPSA) is 77.2 Å². The second-order valence-electron chi connectivity index (χ2n) is 4.14. The highest BCUT2D eigenvalue weighted by Crippen LogP contribution is 2.30. The van der Waals surface area contributed by atoms with Gasteiger partial charge in [-0.2, -0.15) is 4.52 Å². The Balaban J connectivity index is 2.09. The van der Waals surface area contributed by atoms with Crippen LogP contribution in [-0.4, -0.2) is 32.1 Å². The van der Waals surface area contributed by atoms with Gasteiger partial charge in [0.1, 0.15) is 11.6 Å². The van der Waals surface area contributed by atoms with Gasteiger partial charge in [0.2, 0.25) is 0 Å². The number of rotatable bonds is 3. The van der Waals surface area contributed by atoms with Gasteiger partial charge in [-0.3, -0.25) is 0 Å². The van der Waals surface area contributed by atoms with Gasteiger partial charge in [0.25, 0.3) is 5.78 Å². The molecule has 20 heavy (non-hydrogen) atoms. The molecule has 1 N–H and O–H groups in total. The molecule has 0 aliphatic heterocycles. The lowest BCUT2D eigenvalue weighted by molar-refractivity contribution is 0.417. The quantitative estimate of drug-likeness (QED) is 0.797. The fourth-order valence-electron chi connectivity index (χ4n) is 1.86. The molecular formula is C12H11ClN6O. The number of benzene rings is 1. The highest BCUT2D eigenvalue weighted by Gasteiger charge is 2.10. The third kappa shape index (κ3) is 2.23. The predicted octanol–water partition coefficient (Wildman–Crippen LogP) is 2.23. The van der Waals surface area contributed by atoms with Crippen LogP contribution in [0.4, 0.5) is 11.5 Å². The summed E-state index contributed by atoms with van der Waals surface area (Å²) in [4.78, 5) is 4.23. The summed E-state index contributed by atoms with van der Waals surface area (Å²) in [7, 11) is 1.60. The third-order valence-corrected chi connectivity index (χ3v) is 2.96. The molecule has 3 rings (SSSR count). The number of anilines is 2. The minimum absolute atomic E-state index is 0.425. The Morgan fingerprint density at radius 1 is 1.30 bits per heavy atom. The zero-order valence-corrected chi connectivity index (χ0v) is 11.6. The van der Waals surface area contributed by atoms with Gasteiger partial charge in [0.05, 0.1) is 12.8 Å². The summed E-state index contributed by atoms with van der Waals surface area (Å²) in [6.45, 7) is 1.87. The van der Waals surface area contributed by atoms with Crippen molar-refractivity contribution in [2.75, 3.05) is 12.4 Å². The number of nitrogens with one attached hydrogen (secondary N) is 1. The molecule has 102 valence electrons. The fraction of sp³-hybridized carbons (Fsp3) is 0.167. The van der Waals surface area contributed by atoms with Crippen molar-refractivity contribution < 1.29 is 4.74 Å². The number of hydrogen-bond acceptors (Lipinski definition) is 6. The molecule has 0 radical (unpaired) electrons. The lowest BCUT2D eigenvalue weighted by Gasteiger charge is -2.12. The monoisotopic (exact) mass is 290 g/mol. The van der Waals surface area contributed by atoms with Crippen LogP contribution in [0.2, 0.25) is 5.02 Å². The van der Waals surface area contributed by atoms with Crippen LogP contribution in [0.5, 0.6) is 5.75 Å². The van der Waals surface area contributed by atoms with E-state index in [1.54, 1.807) is 25.3 Å². The molecule has 0 saturated heterocycles. The zero-order valence-electron chi connectivity index (χ0n) is 10.8. The average Bonchev–Trinajstić information content (AvgIpc) is 2.87. The van der Waals surface area contributed by atoms with Crippen molar-refractivity contribution in [2.24, 2.45) is 0 Å². The summed E-state index contributed by atoms with van der Waals surface area (Å²) in [5.74, 6) is 1.77. The first-order valence-corrected chi connectivity index (χ1v) is 6.21. The van der Waals surface area contributed by atoms with E-state index in [4.69, 9.17) is 16.3 Å². The van der Waals surface area contributed by atoms with E-state index in [1.807, 2.05) is 13.0 Å². The maximum absolute atomic E-state index is 6.01. The van der Waals surface area contributed by atoms with Crippen LogP contribution in [0.15, 0.2) is 24.3 Å². The van der Waals surface area contributed by atoms with Gasteiger partial charge in [-0.15, -0.1) is 0 Å². The van der Waals surface area contributed by atoms with Crippen LogP contribution in [0, 0.1) is 6.92 Å². The lowest BCUT2D eigenvalue weighted by Crippen LogP contribution is -2.03. The molecule has 8 heteroatoms. The van der Waals surface area contributed by atoms with E-state index in [-0.39, 0.29) is 0 Å². The molecular weight excluding hydrogens is 280 g/mol. The van der Waals surface area contributed by atoms with Gasteiger partial charge in [-0.25, -0.2) is 4.98 Å². The number of tetrazole rings is 1. The van der Waals surface area contributed by atoms with Crippen LogP contribution >= 0.6 is 11.6 Å². The van der Waals surface area contributed by atoms with Crippen molar-refractivity contribution in [1.82, 2.24) is 25.0 Å². The highest BCUT2D eigenvalue weighted by atomic mass is 35.5. The van der Waals surface area contributed by atoms with Gasteiger partial charge >= 0.3 is 0 Å². The Morgan fingerprint density at radius 3 is 2.95 bits per heavy atom. The molecule has 0 amide bonds. The van der Waals surface area contributed by atoms with Gasteiger partial charge in [-0.05, 0) is 35.5 Å². The predicted molar refractivity (Wildman–Crippen MR) is 74.6 cm³/mol. The molecule has 1 aromatic carbocycles. The molecule has 2 heterocycles. The summed E-state index contributed by atoms with van der Waals surface area (Å²) in [6, 6.07) is 7.15. The molecule has 0 unspecified atom stereocenters. The maximum atomic E-state index is 6.01. The molecule has 0 aliphatic rings. The van der Waals surface area contributed by atoms with Crippen molar-refractivity contribution in [3.05, 3.63) is 35.0 Å². The van der Waals surface area contributed by atoms with E-state index in [9.17, 15) is 0 Å². The summed E-state index contributed by atoms with van der Waals surface area (Å²) in [5, 5.41) is 15.1. The molecule has 0 saturated carbocycles. The first kappa shape index (κ1) is 12.6. The summed E-state index contributed by atoms with van der Waals surface area (Å²) in [5.41, 5.74) is 1.53. The summed E-state index contributed by atoms with van der Waals surface area (Å²) < 4.78 is 6.81. The first-order chi connectivity index (χ1) is 9.67. The molecule has 0 fully saturated rings. The molecule has 2 aromatic heterocycles. The van der Waals surface area contributed by atoms with Crippen molar-refractivity contribution in [3.8, 4) is 5.75 Å². The first-order valence-electron chi connectivity index (χ1n) is 5.83. The number of halogens is 1. The molecule has 0 atom stereocenters. The lowest BCUT2D eigenvalue weighted by atomic mass is 10.3. The number of methoxy groups -OCH3 is 1. The van der Waals surface area contributed by atoms with E-state index >= 15 is 0 Å². The minimum Gasteiger partial charge on any atom is -0.495 e. The van der Waals surface area contributed by atoms with Crippen molar-refractivity contribution in [1.29, 1.82) is 0 Å². The Kier molecular flexibility index (Phi) is 3.11. The normalized spacial score (nSPS) is 10.8. The SMILES string of the molecule is COc1ccc(Cl)cc1Nc1cc(C)nc2nnnn12. The van der Waals surface area contributed by atoms with Gasteiger partial charge in [0, 0.05) is 16.8 Å². The molecule has 7 nitrogen and oxygen atoms in total. The van der Waals surface area contributed by atoms with Crippen LogP contribution in [0.25, 0.3) is 5.78 Å². The van der Waals surface area contributed by atoms with E-state index in [0.29, 0.717) is 22.4 Å². The smallest absolute Gasteiger partial charge is 0.275 e. The van der Waals surface area contributed by atoms with Crippen LogP contribution in [0.3, 0.4) is 0 Å². The molecule has 0 bridgehead atoms. The minimum atomic E-state index is 0.425. The molecule has 3 aromatic rings. The standard InChI is InChI=1S/C12H11ClN6O/c1-7-5-11(19-12(14-7)16-17-18-19)15-9-6-8(13)3-4-10(9)20-2/h3-6,15H,1-2H3. The number of aryl methyl sites for hydroxylation is 1. The fourth-order valence-corrected chi connectivity index (χ4v) is 2.03. The van der Waals surface area contributed by atoms with Gasteiger partial charge in [0.15, 0.2) is 0 Å². The zero-order chi connectivity index (χ0) is 14.1. The average molecular weight is 291 g/mol. The van der Waals surface area contributed by atoms with Crippen LogP contribution in [0.1, 0.15) is 5.69 Å². The number of aromatic nitrogens is 5. The van der Waals surface area contributed by atoms with Crippen LogP contribution < -0.4 is 10.1 Å². The summed E-state index contributed by atoms with van der Waals surface area (Å²) in [6.07, 6.45) is 0. The number of hydrogen-bond donors (Lipinski definition) is 1. The Hall–Kier alpha value is -2.41. The third-order valence-electron chi connectivity index (χ3n) is 2.73. The number of ether oxygens (including phenoxy) is 1. The Labute approximate surface area is 119 Å². The van der Waals surface area contributed by atoms with Crippen LogP contribution in [-0.2, 0) is 0 Å². The number of fused-ring (bicyclic) bond motifs is 1. The van der Waals surface area contributed by atoms with E-state index in [0.717, 1.165) is 11.4 Å². The molecule has 0 aliphatic carbocycles. The van der Waals surface area contributed by atoms with Crippen molar-refractivity contribution in [3.63, 3.8) is 0 Å². The van der Waals surface area contributed by atoms with Crippen molar-refractivity contribution >= 4 is 28.9 Å². The van der Waals surface area contributed by atoms with E-state index in [2.05, 4.69) is 25.8 Å². The Morgan fingerprint density at radius 2 is 2.15 bits per heavy atom. The number of nitrogens with zero attached hydrogens (tertiary/aromatic N) is 5. The second kappa shape index (κ2) is 4.93.